The molecule has 0 bridgehead atoms. The van der Waals surface area contributed by atoms with E-state index in [1.165, 1.54) is 23.1 Å². The summed E-state index contributed by atoms with van der Waals surface area (Å²) in [6, 6.07) is 11.5. The standard InChI is InChI=1S/C25H33N3O4S/c1-26-12-14-27(15-13-26)23-8-9-24(32-2)21-10-11-28(17-22(21)23)25(29)16-19-6-4-5-7-20(19)18-33(3,30)31/h4-9H,10-18H2,1-3H3. The van der Waals surface area contributed by atoms with Crippen LogP contribution in [0.5, 0.6) is 5.75 Å². The fourth-order valence-electron chi connectivity index (χ4n) is 4.80. The van der Waals surface area contributed by atoms with Crippen LogP contribution >= 0.6 is 0 Å². The van der Waals surface area contributed by atoms with Gasteiger partial charge in [0.05, 0.1) is 19.3 Å². The van der Waals surface area contributed by atoms with Crippen molar-refractivity contribution in [3.63, 3.8) is 0 Å². The predicted molar refractivity (Wildman–Crippen MR) is 131 cm³/mol. The second-order valence-electron chi connectivity index (χ2n) is 9.12. The molecule has 0 radical (unpaired) electrons. The van der Waals surface area contributed by atoms with Crippen LogP contribution in [-0.4, -0.2) is 77.3 Å². The number of amides is 1. The van der Waals surface area contributed by atoms with Crippen molar-refractivity contribution in [2.24, 2.45) is 0 Å². The number of ether oxygens (including phenoxy) is 1. The molecule has 2 aromatic rings. The molecule has 0 spiro atoms. The van der Waals surface area contributed by atoms with Gasteiger partial charge in [0.2, 0.25) is 5.91 Å². The molecule has 33 heavy (non-hydrogen) atoms. The van der Waals surface area contributed by atoms with Gasteiger partial charge in [0.25, 0.3) is 0 Å². The van der Waals surface area contributed by atoms with Gasteiger partial charge < -0.3 is 19.4 Å². The highest BCUT2D eigenvalue weighted by molar-refractivity contribution is 7.89. The Bertz CT molecular complexity index is 1120. The van der Waals surface area contributed by atoms with Crippen molar-refractivity contribution < 1.29 is 17.9 Å². The monoisotopic (exact) mass is 471 g/mol. The zero-order chi connectivity index (χ0) is 23.6. The van der Waals surface area contributed by atoms with E-state index in [-0.39, 0.29) is 18.1 Å². The number of carbonyl (C=O) groups excluding carboxylic acids is 1. The molecule has 0 atom stereocenters. The molecule has 1 saturated heterocycles. The molecule has 1 fully saturated rings. The summed E-state index contributed by atoms with van der Waals surface area (Å²) in [6.45, 7) is 5.12. The van der Waals surface area contributed by atoms with Gasteiger partial charge in [-0.05, 0) is 36.7 Å². The molecular weight excluding hydrogens is 438 g/mol. The smallest absolute Gasteiger partial charge is 0.227 e. The molecule has 0 unspecified atom stereocenters. The quantitative estimate of drug-likeness (QED) is 0.643. The SMILES string of the molecule is COc1ccc(N2CCN(C)CC2)c2c1CCN(C(=O)Cc1ccccc1CS(C)(=O)=O)C2. The van der Waals surface area contributed by atoms with Crippen LogP contribution in [0.15, 0.2) is 36.4 Å². The zero-order valence-corrected chi connectivity index (χ0v) is 20.5. The molecule has 178 valence electrons. The van der Waals surface area contributed by atoms with Gasteiger partial charge in [0, 0.05) is 62.3 Å². The second kappa shape index (κ2) is 9.73. The minimum Gasteiger partial charge on any atom is -0.496 e. The Morgan fingerprint density at radius 1 is 0.970 bits per heavy atom. The summed E-state index contributed by atoms with van der Waals surface area (Å²) >= 11 is 0. The van der Waals surface area contributed by atoms with Gasteiger partial charge in [0.1, 0.15) is 5.75 Å². The average molecular weight is 472 g/mol. The van der Waals surface area contributed by atoms with E-state index in [0.29, 0.717) is 18.7 Å². The minimum atomic E-state index is -3.18. The molecule has 0 saturated carbocycles. The van der Waals surface area contributed by atoms with Crippen molar-refractivity contribution >= 4 is 21.4 Å². The number of piperazine rings is 1. The summed E-state index contributed by atoms with van der Waals surface area (Å²) < 4.78 is 29.3. The van der Waals surface area contributed by atoms with Crippen molar-refractivity contribution in [3.05, 3.63) is 58.7 Å². The maximum Gasteiger partial charge on any atom is 0.227 e. The molecule has 4 rings (SSSR count). The molecule has 2 aliphatic heterocycles. The van der Waals surface area contributed by atoms with Crippen LogP contribution < -0.4 is 9.64 Å². The van der Waals surface area contributed by atoms with Gasteiger partial charge in [-0.2, -0.15) is 0 Å². The van der Waals surface area contributed by atoms with Crippen molar-refractivity contribution in [2.45, 2.75) is 25.1 Å². The molecule has 8 heteroatoms. The number of hydrogen-bond donors (Lipinski definition) is 0. The van der Waals surface area contributed by atoms with Crippen molar-refractivity contribution in [2.75, 3.05) is 58.0 Å². The van der Waals surface area contributed by atoms with Gasteiger partial charge in [0.15, 0.2) is 9.84 Å². The number of carbonyl (C=O) groups is 1. The van der Waals surface area contributed by atoms with E-state index in [0.717, 1.165) is 43.9 Å². The first-order chi connectivity index (χ1) is 15.7. The highest BCUT2D eigenvalue weighted by atomic mass is 32.2. The van der Waals surface area contributed by atoms with Crippen LogP contribution in [0, 0.1) is 0 Å². The Labute approximate surface area is 196 Å². The zero-order valence-electron chi connectivity index (χ0n) is 19.7. The summed E-state index contributed by atoms with van der Waals surface area (Å²) in [7, 11) is 0.660. The number of hydrogen-bond acceptors (Lipinski definition) is 6. The Balaban J connectivity index is 1.57. The number of sulfone groups is 1. The van der Waals surface area contributed by atoms with Gasteiger partial charge in [-0.3, -0.25) is 4.79 Å². The van der Waals surface area contributed by atoms with E-state index in [9.17, 15) is 13.2 Å². The first-order valence-corrected chi connectivity index (χ1v) is 13.5. The Morgan fingerprint density at radius 3 is 2.33 bits per heavy atom. The lowest BCUT2D eigenvalue weighted by Gasteiger charge is -2.38. The first kappa shape index (κ1) is 23.6. The fourth-order valence-corrected chi connectivity index (χ4v) is 5.65. The highest BCUT2D eigenvalue weighted by Crippen LogP contribution is 2.36. The van der Waals surface area contributed by atoms with Crippen LogP contribution in [0.1, 0.15) is 22.3 Å². The Morgan fingerprint density at radius 2 is 1.67 bits per heavy atom. The largest absolute Gasteiger partial charge is 0.496 e. The number of likely N-dealkylation sites (N-methyl/N-ethyl adjacent to an activating group) is 1. The molecule has 0 N–H and O–H groups in total. The maximum absolute atomic E-state index is 13.3. The third-order valence-electron chi connectivity index (χ3n) is 6.64. The van der Waals surface area contributed by atoms with E-state index in [1.54, 1.807) is 13.2 Å². The van der Waals surface area contributed by atoms with Crippen molar-refractivity contribution in [1.29, 1.82) is 0 Å². The van der Waals surface area contributed by atoms with E-state index in [4.69, 9.17) is 4.74 Å². The summed E-state index contributed by atoms with van der Waals surface area (Å²) in [6.07, 6.45) is 2.17. The molecule has 1 amide bonds. The fraction of sp³-hybridized carbons (Fsp3) is 0.480. The summed E-state index contributed by atoms with van der Waals surface area (Å²) in [5.41, 5.74) is 5.03. The third-order valence-corrected chi connectivity index (χ3v) is 7.47. The van der Waals surface area contributed by atoms with E-state index < -0.39 is 9.84 Å². The molecule has 2 heterocycles. The van der Waals surface area contributed by atoms with Crippen LogP contribution in [0.4, 0.5) is 5.69 Å². The predicted octanol–water partition coefficient (Wildman–Crippen LogP) is 2.12. The molecule has 2 aromatic carbocycles. The first-order valence-electron chi connectivity index (χ1n) is 11.4. The van der Waals surface area contributed by atoms with Crippen LogP contribution in [0.3, 0.4) is 0 Å². The van der Waals surface area contributed by atoms with Gasteiger partial charge in [-0.15, -0.1) is 0 Å². The van der Waals surface area contributed by atoms with E-state index in [2.05, 4.69) is 22.9 Å². The average Bonchev–Trinajstić information content (AvgIpc) is 2.79. The normalized spacial score (nSPS) is 17.1. The number of nitrogens with zero attached hydrogens (tertiary/aromatic N) is 3. The summed E-state index contributed by atoms with van der Waals surface area (Å²) in [5, 5.41) is 0. The second-order valence-corrected chi connectivity index (χ2v) is 11.3. The van der Waals surface area contributed by atoms with Crippen LogP contribution in [0.2, 0.25) is 0 Å². The maximum atomic E-state index is 13.3. The van der Waals surface area contributed by atoms with Crippen molar-refractivity contribution in [1.82, 2.24) is 9.80 Å². The molecule has 2 aliphatic rings. The number of rotatable bonds is 6. The van der Waals surface area contributed by atoms with Crippen LogP contribution in [-0.2, 0) is 39.8 Å². The lowest BCUT2D eigenvalue weighted by Crippen LogP contribution is -2.45. The number of benzene rings is 2. The number of fused-ring (bicyclic) bond motifs is 1. The number of methoxy groups -OCH3 is 1. The summed E-state index contributed by atoms with van der Waals surface area (Å²) in [4.78, 5) is 19.9. The topological polar surface area (TPSA) is 70.2 Å². The molecule has 0 aromatic heterocycles. The Kier molecular flexibility index (Phi) is 6.95. The number of anilines is 1. The molecule has 7 nitrogen and oxygen atoms in total. The Hall–Kier alpha value is -2.58. The lowest BCUT2D eigenvalue weighted by atomic mass is 9.95. The molecular formula is C25H33N3O4S. The van der Waals surface area contributed by atoms with E-state index >= 15 is 0 Å². The van der Waals surface area contributed by atoms with Gasteiger partial charge >= 0.3 is 0 Å². The summed E-state index contributed by atoms with van der Waals surface area (Å²) in [5.74, 6) is 0.853. The van der Waals surface area contributed by atoms with Gasteiger partial charge in [-0.25, -0.2) is 8.42 Å². The third kappa shape index (κ3) is 5.50. The minimum absolute atomic E-state index is 0.0220. The van der Waals surface area contributed by atoms with Gasteiger partial charge in [-0.1, -0.05) is 24.3 Å². The van der Waals surface area contributed by atoms with Crippen molar-refractivity contribution in [3.8, 4) is 5.75 Å². The highest BCUT2D eigenvalue weighted by Gasteiger charge is 2.28. The lowest BCUT2D eigenvalue weighted by molar-refractivity contribution is -0.131. The molecule has 0 aliphatic carbocycles. The van der Waals surface area contributed by atoms with Crippen LogP contribution in [0.25, 0.3) is 0 Å². The van der Waals surface area contributed by atoms with E-state index in [1.807, 2.05) is 29.2 Å².